The molecule has 3 fully saturated rings. The topological polar surface area (TPSA) is 625 Å². The summed E-state index contributed by atoms with van der Waals surface area (Å²) < 4.78 is 5.33. The Labute approximate surface area is 775 Å². The average Bonchev–Trinajstić information content (AvgIpc) is 1.64. The highest BCUT2D eigenvalue weighted by Gasteiger charge is 2.47. The van der Waals surface area contributed by atoms with Crippen molar-refractivity contribution in [2.24, 2.45) is 28.9 Å². The molecule has 0 radical (unpaired) electrons. The number of H-pyrrole nitrogens is 2. The summed E-state index contributed by atoms with van der Waals surface area (Å²) in [6, 6.07) is 0.371. The van der Waals surface area contributed by atoms with Crippen molar-refractivity contribution in [2.75, 3.05) is 72.5 Å². The number of hydrogen-bond acceptors (Lipinski definition) is 24. The number of nitrogens with one attached hydrogen (secondary N) is 10. The van der Waals surface area contributed by atoms with Gasteiger partial charge < -0.3 is 120 Å². The summed E-state index contributed by atoms with van der Waals surface area (Å²) in [5, 5.41) is 54.7. The van der Waals surface area contributed by atoms with Gasteiger partial charge in [-0.2, -0.15) is 0 Å². The number of methoxy groups -OCH3 is 1. The Hall–Kier alpha value is -12.4. The highest BCUT2D eigenvalue weighted by atomic mass is 32.2. The molecule has 42 heteroatoms. The number of Topliss-reactive ketones (excluding diaryl/α,β-unsaturated/α-hetero) is 2. The second kappa shape index (κ2) is 51.6. The van der Waals surface area contributed by atoms with E-state index >= 15 is 33.6 Å². The van der Waals surface area contributed by atoms with Gasteiger partial charge in [-0.15, -0.1) is 11.8 Å². The van der Waals surface area contributed by atoms with E-state index in [2.05, 4.69) is 52.5 Å². The van der Waals surface area contributed by atoms with E-state index in [1.165, 1.54) is 35.2 Å². The number of aliphatic hydroxyl groups excluding tert-OH is 1. The summed E-state index contributed by atoms with van der Waals surface area (Å²) in [5.41, 5.74) is 26.3. The molecule has 3 aliphatic heterocycles. The van der Waals surface area contributed by atoms with Gasteiger partial charge in [0, 0.05) is 126 Å². The smallest absolute Gasteiger partial charge is 0.305 e. The van der Waals surface area contributed by atoms with Gasteiger partial charge in [0.15, 0.2) is 11.6 Å². The number of carbonyl (C=O) groups excluding carboxylic acids is 16. The standard InChI is InChI=1S/C91H129N19O22S/c1-8-10-26-70-84(124)99-62(25-18-36-93)82(122)105-69(74(112)33-34-76(95)114)49-133-50-77(115)98-65(38-52-29-31-57(132-7)32-30-52)87(127)106(4)51(3)80(120)102-67(44-79(118)119)90(130)109-37-19-28-71(109)85(125)104-68(45-94)83(123)100-63(24-16-17-35-92)89(129)110-48-56(111)43-73(110)86(126)101-64(39-54-46-96-60-22-14-12-20-58(54)60)75(113)41-53(42-78(116)117)81(121)103-66(40-55-47-97-61-23-15-13-21-59(55)61)88(128)108(6)72(27-11-9-2)91(131)107(70)5/h12-15,20-23,29-32,46-47,51,53,56,62-73,96-97,111H,8-11,16-19,24-28,33-45,48-50,92-94H2,1-7H3,(H2,95,114)(H,98,115)(H,99,124)(H,100,123)(H,101,126)(H,102,120)(H,103,121)(H,104,125)(H,105,122)(H,116,117)(H,118,119)/t51-,53-,56+,62-,63-,64-,65-,66-,67-,68-,69-,70-,71-,72-,73-/m0/s1. The molecular weight excluding hydrogens is 1740 g/mol. The second-order valence-corrected chi connectivity index (χ2v) is 35.1. The fourth-order valence-electron chi connectivity index (χ4n) is 16.7. The number of aliphatic carboxylic acids is 2. The van der Waals surface area contributed by atoms with Crippen LogP contribution in [0.25, 0.3) is 21.8 Å². The van der Waals surface area contributed by atoms with Gasteiger partial charge in [0.25, 0.3) is 0 Å². The summed E-state index contributed by atoms with van der Waals surface area (Å²) in [6.07, 6.45) is -1.24. The van der Waals surface area contributed by atoms with Gasteiger partial charge in [-0.25, -0.2) is 0 Å². The maximum absolute atomic E-state index is 15.8. The van der Waals surface area contributed by atoms with Gasteiger partial charge >= 0.3 is 11.9 Å². The zero-order valence-corrected chi connectivity index (χ0v) is 77.1. The Balaban J connectivity index is 1.20. The van der Waals surface area contributed by atoms with Gasteiger partial charge in [-0.05, 0) is 119 Å². The number of carboxylic acid groups (broad SMARTS) is 2. The lowest BCUT2D eigenvalue weighted by molar-refractivity contribution is -0.150. The number of ether oxygens (including phenoxy) is 1. The number of unbranched alkanes of at least 4 members (excludes halogenated alkanes) is 3. The number of thioether (sulfide) groups is 1. The molecule has 726 valence electrons. The van der Waals surface area contributed by atoms with E-state index in [1.54, 1.807) is 85.2 Å². The number of benzene rings is 3. The molecule has 0 saturated carbocycles. The number of aromatic nitrogens is 2. The van der Waals surface area contributed by atoms with E-state index in [0.717, 1.165) is 36.3 Å². The van der Waals surface area contributed by atoms with E-state index in [1.807, 2.05) is 13.8 Å². The van der Waals surface area contributed by atoms with Crippen LogP contribution in [0.4, 0.5) is 0 Å². The zero-order chi connectivity index (χ0) is 97.4. The number of nitrogens with zero attached hydrogens (tertiary/aromatic N) is 5. The summed E-state index contributed by atoms with van der Waals surface area (Å²) in [4.78, 5) is 274. The molecule has 5 aromatic rings. The summed E-state index contributed by atoms with van der Waals surface area (Å²) in [7, 11) is 5.33. The third-order valence-corrected chi connectivity index (χ3v) is 25.5. The number of fused-ring (bicyclic) bond motifs is 4. The number of carboxylic acids is 2. The number of hydrogen-bond donors (Lipinski definition) is 17. The van der Waals surface area contributed by atoms with Gasteiger partial charge in [-0.1, -0.05) is 88.1 Å². The first kappa shape index (κ1) is 106. The van der Waals surface area contributed by atoms with Crippen LogP contribution in [0.3, 0.4) is 0 Å². The molecular formula is C91H129N19O22S. The largest absolute Gasteiger partial charge is 0.497 e. The highest BCUT2D eigenvalue weighted by Crippen LogP contribution is 2.29. The van der Waals surface area contributed by atoms with Crippen molar-refractivity contribution in [3.63, 3.8) is 0 Å². The summed E-state index contributed by atoms with van der Waals surface area (Å²) >= 11 is 0.819. The van der Waals surface area contributed by atoms with Crippen molar-refractivity contribution < 1.29 is 106 Å². The Morgan fingerprint density at radius 1 is 0.511 bits per heavy atom. The van der Waals surface area contributed by atoms with E-state index in [0.29, 0.717) is 76.3 Å². The lowest BCUT2D eigenvalue weighted by atomic mass is 9.91. The molecule has 8 rings (SSSR count). The Morgan fingerprint density at radius 3 is 1.65 bits per heavy atom. The van der Waals surface area contributed by atoms with Crippen LogP contribution >= 0.6 is 11.8 Å². The van der Waals surface area contributed by atoms with Crippen LogP contribution in [0.2, 0.25) is 0 Å². The van der Waals surface area contributed by atoms with Crippen LogP contribution in [0.1, 0.15) is 159 Å². The zero-order valence-electron chi connectivity index (χ0n) is 76.3. The Kier molecular flexibility index (Phi) is 41.1. The van der Waals surface area contributed by atoms with Gasteiger partial charge in [-0.3, -0.25) is 86.3 Å². The van der Waals surface area contributed by atoms with Crippen LogP contribution in [-0.4, -0.2) is 313 Å². The number of likely N-dealkylation sites (N-methyl/N-ethyl adjacent to an activating group) is 3. The maximum atomic E-state index is 15.8. The number of aliphatic hydroxyl groups is 1. The number of ketones is 2. The SMILES string of the molecule is CCCC[C@H]1C(=O)N(C)[C@@H](CCCC)C(=O)N[C@@H](CCCN)C(=O)N[C@H](C(=O)CCC(N)=O)CSCC(=O)N[C@@H](Cc2ccc(OC)cc2)C(=O)N(C)[C@@H](C)C(=O)N[C@@H](CC(=O)O)C(=O)N2CCC[C@H]2C(=O)N[C@@H](CN)C(=O)N[C@@H](CCCCN)C(=O)N2C[C@H](O)C[C@H]2C(=O)N[C@@H](Cc2c[nH]c3ccccc23)C(=O)C[C@@H](CC(=O)O)C(=O)N[C@@H](Cc2c[nH]c3ccccc23)C(=O)N1C. The number of aromatic amines is 2. The van der Waals surface area contributed by atoms with Crippen LogP contribution in [0.5, 0.6) is 5.75 Å². The number of carbonyl (C=O) groups is 18. The quantitative estimate of drug-likeness (QED) is 0.0264. The van der Waals surface area contributed by atoms with Crippen molar-refractivity contribution in [1.29, 1.82) is 0 Å². The third-order valence-electron chi connectivity index (χ3n) is 24.5. The molecule has 0 bridgehead atoms. The molecule has 133 heavy (non-hydrogen) atoms. The molecule has 15 atom stereocenters. The number of nitrogens with two attached hydrogens (primary N) is 4. The van der Waals surface area contributed by atoms with Crippen molar-refractivity contribution >= 4 is 140 Å². The Bertz CT molecular complexity index is 4950. The van der Waals surface area contributed by atoms with E-state index in [-0.39, 0.29) is 96.0 Å². The molecule has 0 aliphatic carbocycles. The molecule has 3 aromatic carbocycles. The van der Waals surface area contributed by atoms with Crippen LogP contribution < -0.4 is 70.2 Å². The lowest BCUT2D eigenvalue weighted by Gasteiger charge is -2.36. The van der Waals surface area contributed by atoms with Crippen molar-refractivity contribution in [1.82, 2.24) is 77.0 Å². The first-order valence-electron chi connectivity index (χ1n) is 45.2. The number of amides is 14. The van der Waals surface area contributed by atoms with Gasteiger partial charge in [0.2, 0.25) is 82.7 Å². The molecule has 5 heterocycles. The maximum Gasteiger partial charge on any atom is 0.305 e. The molecule has 0 unspecified atom stereocenters. The molecule has 0 spiro atoms. The summed E-state index contributed by atoms with van der Waals surface area (Å²) in [6.45, 7) is 3.81. The molecule has 14 amide bonds. The van der Waals surface area contributed by atoms with Crippen molar-refractivity contribution in [3.05, 3.63) is 102 Å². The highest BCUT2D eigenvalue weighted by molar-refractivity contribution is 8.00. The molecule has 21 N–H and O–H groups in total. The minimum atomic E-state index is -1.89. The minimum absolute atomic E-state index is 0.00225. The van der Waals surface area contributed by atoms with Gasteiger partial charge in [0.1, 0.15) is 72.2 Å². The minimum Gasteiger partial charge on any atom is -0.497 e. The molecule has 3 aliphatic rings. The average molecular weight is 1870 g/mol. The van der Waals surface area contributed by atoms with E-state index in [9.17, 15) is 68.1 Å². The fraction of sp³-hybridized carbons (Fsp3) is 0.560. The third kappa shape index (κ3) is 29.8. The summed E-state index contributed by atoms with van der Waals surface area (Å²) in [5.74, 6) is -20.0. The van der Waals surface area contributed by atoms with Crippen molar-refractivity contribution in [2.45, 2.75) is 247 Å². The first-order valence-corrected chi connectivity index (χ1v) is 46.3. The monoisotopic (exact) mass is 1870 g/mol. The van der Waals surface area contributed by atoms with Crippen LogP contribution in [-0.2, 0) is 106 Å². The van der Waals surface area contributed by atoms with Gasteiger partial charge in [0.05, 0.1) is 49.8 Å². The predicted octanol–water partition coefficient (Wildman–Crippen LogP) is -0.669. The fourth-order valence-corrected chi connectivity index (χ4v) is 17.6. The van der Waals surface area contributed by atoms with E-state index in [4.69, 9.17) is 27.7 Å². The number of para-hydroxylation sites is 2. The number of rotatable bonds is 29. The first-order chi connectivity index (χ1) is 63.4. The van der Waals surface area contributed by atoms with E-state index < -0.39 is 254 Å². The molecule has 41 nitrogen and oxygen atoms in total. The van der Waals surface area contributed by atoms with Crippen LogP contribution in [0, 0.1) is 5.92 Å². The predicted molar refractivity (Wildman–Crippen MR) is 490 cm³/mol. The lowest BCUT2D eigenvalue weighted by Crippen LogP contribution is -2.61. The normalized spacial score (nSPS) is 25.0. The molecule has 3 saturated heterocycles. The second-order valence-electron chi connectivity index (χ2n) is 34.1. The van der Waals surface area contributed by atoms with Crippen LogP contribution in [0.15, 0.2) is 85.2 Å². The number of primary amides is 1. The Morgan fingerprint density at radius 2 is 1.05 bits per heavy atom. The molecule has 2 aromatic heterocycles. The van der Waals surface area contributed by atoms with Crippen molar-refractivity contribution in [3.8, 4) is 5.75 Å².